The van der Waals surface area contributed by atoms with Gasteiger partial charge in [0, 0.05) is 18.9 Å². The lowest BCUT2D eigenvalue weighted by atomic mass is 10.5. The molecule has 0 aliphatic carbocycles. The van der Waals surface area contributed by atoms with E-state index in [4.69, 9.17) is 0 Å². The summed E-state index contributed by atoms with van der Waals surface area (Å²) in [5.41, 5.74) is 0. The highest BCUT2D eigenvalue weighted by molar-refractivity contribution is 7.86. The third-order valence-electron chi connectivity index (χ3n) is 1.36. The number of hydrogen-bond donors (Lipinski definition) is 0. The van der Waals surface area contributed by atoms with E-state index in [1.54, 1.807) is 0 Å². The number of nitrogens with zero attached hydrogens (tertiary/aromatic N) is 2. The van der Waals surface area contributed by atoms with Crippen LogP contribution in [0.1, 0.15) is 13.3 Å². The Morgan fingerprint density at radius 3 is 2.83 bits per heavy atom. The normalized spacial score (nSPS) is 11.8. The van der Waals surface area contributed by atoms with Gasteiger partial charge in [0.05, 0.1) is 0 Å². The largest absolute Gasteiger partial charge is 0.366 e. The van der Waals surface area contributed by atoms with Crippen LogP contribution in [0, 0.1) is 0 Å². The summed E-state index contributed by atoms with van der Waals surface area (Å²) in [6.07, 6.45) is 3.44. The lowest BCUT2D eigenvalue weighted by Crippen LogP contribution is -2.05. The van der Waals surface area contributed by atoms with Crippen LogP contribution < -0.4 is 0 Å². The van der Waals surface area contributed by atoms with E-state index >= 15 is 0 Å². The molecule has 0 radical (unpaired) electrons. The van der Waals surface area contributed by atoms with Crippen molar-refractivity contribution >= 4 is 10.2 Å². The monoisotopic (exact) mass is 192 g/mol. The second kappa shape index (κ2) is 3.22. The molecule has 0 aliphatic rings. The molecule has 68 valence electrons. The number of imidazole rings is 1. The van der Waals surface area contributed by atoms with Crippen molar-refractivity contribution in [3.8, 4) is 0 Å². The molecule has 4 nitrogen and oxygen atoms in total. The van der Waals surface area contributed by atoms with E-state index in [1.165, 1.54) is 17.0 Å². The molecule has 1 aromatic heterocycles. The summed E-state index contributed by atoms with van der Waals surface area (Å²) in [5.74, 6) is 0. The van der Waals surface area contributed by atoms with Crippen molar-refractivity contribution in [1.82, 2.24) is 9.55 Å². The fraction of sp³-hybridized carbons (Fsp3) is 0.500. The van der Waals surface area contributed by atoms with Crippen LogP contribution >= 0.6 is 0 Å². The Morgan fingerprint density at radius 2 is 2.33 bits per heavy atom. The van der Waals surface area contributed by atoms with Crippen LogP contribution in [0.3, 0.4) is 0 Å². The molecular weight excluding hydrogens is 183 g/mol. The first kappa shape index (κ1) is 9.18. The predicted molar refractivity (Wildman–Crippen MR) is 40.8 cm³/mol. The van der Waals surface area contributed by atoms with Gasteiger partial charge in [0.25, 0.3) is 5.16 Å². The summed E-state index contributed by atoms with van der Waals surface area (Å²) in [6.45, 7) is 2.33. The number of halogens is 1. The first-order chi connectivity index (χ1) is 5.55. The summed E-state index contributed by atoms with van der Waals surface area (Å²) < 4.78 is 34.6. The van der Waals surface area contributed by atoms with Crippen LogP contribution in [0.4, 0.5) is 3.89 Å². The molecule has 0 amide bonds. The van der Waals surface area contributed by atoms with Gasteiger partial charge in [-0.25, -0.2) is 4.98 Å². The first-order valence-electron chi connectivity index (χ1n) is 3.51. The van der Waals surface area contributed by atoms with Crippen molar-refractivity contribution in [1.29, 1.82) is 0 Å². The van der Waals surface area contributed by atoms with E-state index < -0.39 is 15.4 Å². The summed E-state index contributed by atoms with van der Waals surface area (Å²) >= 11 is 0. The molecule has 0 aliphatic heterocycles. The smallest absolute Gasteiger partial charge is 0.320 e. The average Bonchev–Trinajstić information content (AvgIpc) is 2.34. The zero-order valence-corrected chi connectivity index (χ0v) is 7.38. The lowest BCUT2D eigenvalue weighted by molar-refractivity contribution is 0.520. The molecule has 1 aromatic rings. The fourth-order valence-corrected chi connectivity index (χ4v) is 1.55. The van der Waals surface area contributed by atoms with E-state index in [0.29, 0.717) is 6.54 Å². The zero-order chi connectivity index (χ0) is 9.19. The molecule has 0 aromatic carbocycles. The number of rotatable bonds is 3. The van der Waals surface area contributed by atoms with Gasteiger partial charge in [-0.15, -0.1) is 0 Å². The average molecular weight is 192 g/mol. The highest BCUT2D eigenvalue weighted by atomic mass is 32.3. The minimum Gasteiger partial charge on any atom is -0.320 e. The van der Waals surface area contributed by atoms with Gasteiger partial charge in [0.1, 0.15) is 0 Å². The standard InChI is InChI=1S/C6H9FN2O2S/c1-2-4-9-5-3-8-6(9)12(7,10)11/h3,5H,2,4H2,1H3. The Kier molecular flexibility index (Phi) is 2.46. The van der Waals surface area contributed by atoms with E-state index in [0.717, 1.165) is 6.42 Å². The van der Waals surface area contributed by atoms with E-state index in [2.05, 4.69) is 4.98 Å². The maximum atomic E-state index is 12.4. The highest BCUT2D eigenvalue weighted by Crippen LogP contribution is 2.09. The van der Waals surface area contributed by atoms with Crippen molar-refractivity contribution in [2.24, 2.45) is 0 Å². The Labute approximate surface area is 70.3 Å². The van der Waals surface area contributed by atoms with Crippen LogP contribution in [-0.2, 0) is 16.8 Å². The summed E-state index contributed by atoms with van der Waals surface area (Å²) in [6, 6.07) is 0. The van der Waals surface area contributed by atoms with Gasteiger partial charge in [0.2, 0.25) is 0 Å². The summed E-state index contributed by atoms with van der Waals surface area (Å²) in [7, 11) is -4.66. The minimum atomic E-state index is -4.66. The highest BCUT2D eigenvalue weighted by Gasteiger charge is 2.17. The second-order valence-electron chi connectivity index (χ2n) is 2.34. The van der Waals surface area contributed by atoms with Gasteiger partial charge in [-0.3, -0.25) is 0 Å². The van der Waals surface area contributed by atoms with Crippen LogP contribution in [0.5, 0.6) is 0 Å². The maximum Gasteiger partial charge on any atom is 0.366 e. The Bertz CT molecular complexity index is 357. The van der Waals surface area contributed by atoms with Gasteiger partial charge in [-0.2, -0.15) is 8.42 Å². The minimum absolute atomic E-state index is 0.457. The maximum absolute atomic E-state index is 12.4. The zero-order valence-electron chi connectivity index (χ0n) is 6.57. The fourth-order valence-electron chi connectivity index (χ4n) is 0.930. The van der Waals surface area contributed by atoms with E-state index in [9.17, 15) is 12.3 Å². The molecule has 0 bridgehead atoms. The van der Waals surface area contributed by atoms with E-state index in [-0.39, 0.29) is 0 Å². The van der Waals surface area contributed by atoms with Gasteiger partial charge in [0.15, 0.2) is 0 Å². The van der Waals surface area contributed by atoms with Crippen molar-refractivity contribution in [3.63, 3.8) is 0 Å². The molecule has 1 heterocycles. The molecular formula is C6H9FN2O2S. The van der Waals surface area contributed by atoms with Crippen molar-refractivity contribution < 1.29 is 12.3 Å². The van der Waals surface area contributed by atoms with Crippen LogP contribution in [-0.4, -0.2) is 18.0 Å². The lowest BCUT2D eigenvalue weighted by Gasteiger charge is -2.00. The van der Waals surface area contributed by atoms with Gasteiger partial charge >= 0.3 is 10.2 Å². The van der Waals surface area contributed by atoms with Crippen molar-refractivity contribution in [3.05, 3.63) is 12.4 Å². The molecule has 6 heteroatoms. The first-order valence-corrected chi connectivity index (χ1v) is 4.90. The van der Waals surface area contributed by atoms with Crippen LogP contribution in [0.15, 0.2) is 17.6 Å². The number of aryl methyl sites for hydroxylation is 1. The Hall–Kier alpha value is -0.910. The molecule has 0 saturated carbocycles. The molecule has 0 saturated heterocycles. The topological polar surface area (TPSA) is 52.0 Å². The Morgan fingerprint density at radius 1 is 1.67 bits per heavy atom. The molecule has 12 heavy (non-hydrogen) atoms. The molecule has 1 rings (SSSR count). The van der Waals surface area contributed by atoms with Gasteiger partial charge < -0.3 is 4.57 Å². The van der Waals surface area contributed by atoms with Crippen LogP contribution in [0.2, 0.25) is 0 Å². The Balaban J connectivity index is 3.08. The van der Waals surface area contributed by atoms with Crippen molar-refractivity contribution in [2.45, 2.75) is 25.0 Å². The van der Waals surface area contributed by atoms with Gasteiger partial charge in [-0.05, 0) is 6.42 Å². The quantitative estimate of drug-likeness (QED) is 0.670. The van der Waals surface area contributed by atoms with E-state index in [1.807, 2.05) is 6.92 Å². The second-order valence-corrected chi connectivity index (χ2v) is 3.58. The predicted octanol–water partition coefficient (Wildman–Crippen LogP) is 0.951. The summed E-state index contributed by atoms with van der Waals surface area (Å²) in [5, 5.41) is -0.510. The van der Waals surface area contributed by atoms with Crippen molar-refractivity contribution in [2.75, 3.05) is 0 Å². The van der Waals surface area contributed by atoms with Gasteiger partial charge in [-0.1, -0.05) is 10.8 Å². The van der Waals surface area contributed by atoms with Crippen LogP contribution in [0.25, 0.3) is 0 Å². The molecule has 0 unspecified atom stereocenters. The number of hydrogen-bond acceptors (Lipinski definition) is 3. The molecule has 0 N–H and O–H groups in total. The number of aromatic nitrogens is 2. The third kappa shape index (κ3) is 1.82. The molecule has 0 spiro atoms. The summed E-state index contributed by atoms with van der Waals surface area (Å²) in [4.78, 5) is 3.41. The SMILES string of the molecule is CCCn1ccnc1S(=O)(=O)F. The molecule has 0 fully saturated rings. The third-order valence-corrected chi connectivity index (χ3v) is 2.14. The molecule has 0 atom stereocenters.